The van der Waals surface area contributed by atoms with Gasteiger partial charge in [0.15, 0.2) is 24.3 Å². The second kappa shape index (κ2) is 5.41. The Morgan fingerprint density at radius 1 is 1.24 bits per heavy atom. The van der Waals surface area contributed by atoms with E-state index in [2.05, 4.69) is 13.8 Å². The molecule has 4 fully saturated rings. The van der Waals surface area contributed by atoms with Crippen LogP contribution in [-0.2, 0) is 33.3 Å². The standard InChI is InChI=1S/C18H26O7/c1-8(2)6-18(7-9(18)3)16(20)23-12-10-11(21-14(12)19)13-15(22-10)25-17(4,5)24-13/h8-13,15H,6-7H2,1-5H3. The number of carbonyl (C=O) groups is 2. The molecule has 4 rings (SSSR count). The van der Waals surface area contributed by atoms with Crippen LogP contribution in [0.5, 0.6) is 0 Å². The van der Waals surface area contributed by atoms with E-state index in [0.717, 1.165) is 12.8 Å². The molecule has 1 aliphatic carbocycles. The average Bonchev–Trinajstić information content (AvgIpc) is 2.73. The molecule has 0 aromatic rings. The molecule has 0 amide bonds. The molecule has 7 nitrogen and oxygen atoms in total. The van der Waals surface area contributed by atoms with Crippen LogP contribution in [0.25, 0.3) is 0 Å². The minimum absolute atomic E-state index is 0.270. The van der Waals surface area contributed by atoms with Gasteiger partial charge in [-0.25, -0.2) is 4.79 Å². The number of rotatable bonds is 4. The quantitative estimate of drug-likeness (QED) is 0.712. The van der Waals surface area contributed by atoms with Gasteiger partial charge in [-0.15, -0.1) is 0 Å². The summed E-state index contributed by atoms with van der Waals surface area (Å²) in [7, 11) is 0. The summed E-state index contributed by atoms with van der Waals surface area (Å²) in [4.78, 5) is 25.0. The minimum atomic E-state index is -1.05. The second-order valence-corrected chi connectivity index (χ2v) is 8.66. The first-order chi connectivity index (χ1) is 11.6. The molecule has 3 saturated heterocycles. The van der Waals surface area contributed by atoms with E-state index < -0.39 is 47.9 Å². The molecule has 7 heteroatoms. The van der Waals surface area contributed by atoms with Gasteiger partial charge in [0.05, 0.1) is 5.41 Å². The third kappa shape index (κ3) is 2.67. The molecular weight excluding hydrogens is 328 g/mol. The van der Waals surface area contributed by atoms with Crippen molar-refractivity contribution in [3.63, 3.8) is 0 Å². The monoisotopic (exact) mass is 354 g/mol. The topological polar surface area (TPSA) is 80.3 Å². The molecule has 3 aliphatic heterocycles. The highest BCUT2D eigenvalue weighted by Crippen LogP contribution is 2.57. The Labute approximate surface area is 147 Å². The summed E-state index contributed by atoms with van der Waals surface area (Å²) in [5.74, 6) is -1.02. The molecule has 3 heterocycles. The summed E-state index contributed by atoms with van der Waals surface area (Å²) in [5, 5.41) is 0. The second-order valence-electron chi connectivity index (χ2n) is 8.66. The minimum Gasteiger partial charge on any atom is -0.454 e. The van der Waals surface area contributed by atoms with Crippen molar-refractivity contribution in [2.24, 2.45) is 17.3 Å². The smallest absolute Gasteiger partial charge is 0.350 e. The van der Waals surface area contributed by atoms with Crippen LogP contribution in [0.4, 0.5) is 0 Å². The molecule has 0 spiro atoms. The van der Waals surface area contributed by atoms with Gasteiger partial charge in [0.1, 0.15) is 6.10 Å². The van der Waals surface area contributed by atoms with Crippen molar-refractivity contribution >= 4 is 11.9 Å². The number of ether oxygens (including phenoxy) is 5. The maximum Gasteiger partial charge on any atom is 0.350 e. The normalized spacial score (nSPS) is 46.7. The van der Waals surface area contributed by atoms with Gasteiger partial charge in [-0.05, 0) is 38.5 Å². The summed E-state index contributed by atoms with van der Waals surface area (Å²) in [6.07, 6.45) is -1.86. The summed E-state index contributed by atoms with van der Waals surface area (Å²) in [6.45, 7) is 9.76. The Bertz CT molecular complexity index is 600. The first kappa shape index (κ1) is 17.2. The highest BCUT2D eigenvalue weighted by molar-refractivity contribution is 5.86. The molecule has 0 aromatic heterocycles. The lowest BCUT2D eigenvalue weighted by atomic mass is 9.92. The molecule has 7 atom stereocenters. The van der Waals surface area contributed by atoms with Crippen LogP contribution in [-0.4, -0.2) is 48.4 Å². The zero-order valence-corrected chi connectivity index (χ0v) is 15.3. The fourth-order valence-corrected chi connectivity index (χ4v) is 4.43. The van der Waals surface area contributed by atoms with E-state index in [1.165, 1.54) is 0 Å². The van der Waals surface area contributed by atoms with E-state index in [1.807, 2.05) is 6.92 Å². The first-order valence-electron chi connectivity index (χ1n) is 9.06. The van der Waals surface area contributed by atoms with Gasteiger partial charge >= 0.3 is 11.9 Å². The van der Waals surface area contributed by atoms with E-state index in [1.54, 1.807) is 13.8 Å². The van der Waals surface area contributed by atoms with Crippen molar-refractivity contribution < 1.29 is 33.3 Å². The van der Waals surface area contributed by atoms with Crippen LogP contribution in [0.1, 0.15) is 47.5 Å². The average molecular weight is 354 g/mol. The molecule has 4 aliphatic rings. The highest BCUT2D eigenvalue weighted by Gasteiger charge is 2.66. The maximum absolute atomic E-state index is 12.8. The van der Waals surface area contributed by atoms with E-state index in [0.29, 0.717) is 5.92 Å². The summed E-state index contributed by atoms with van der Waals surface area (Å²) in [6, 6.07) is 0. The van der Waals surface area contributed by atoms with Crippen LogP contribution in [0.2, 0.25) is 0 Å². The zero-order valence-electron chi connectivity index (χ0n) is 15.3. The largest absolute Gasteiger partial charge is 0.454 e. The molecule has 140 valence electrons. The zero-order chi connectivity index (χ0) is 18.1. The summed E-state index contributed by atoms with van der Waals surface area (Å²) in [5.41, 5.74) is -0.476. The van der Waals surface area contributed by atoms with Crippen molar-refractivity contribution in [1.29, 1.82) is 0 Å². The van der Waals surface area contributed by atoms with Crippen molar-refractivity contribution in [3.05, 3.63) is 0 Å². The Hall–Kier alpha value is -1.18. The van der Waals surface area contributed by atoms with Crippen molar-refractivity contribution in [1.82, 2.24) is 0 Å². The highest BCUT2D eigenvalue weighted by atomic mass is 16.8. The summed E-state index contributed by atoms with van der Waals surface area (Å²) >= 11 is 0. The van der Waals surface area contributed by atoms with Gasteiger partial charge in [0.2, 0.25) is 6.10 Å². The number of fused-ring (bicyclic) bond motifs is 3. The Morgan fingerprint density at radius 2 is 1.92 bits per heavy atom. The van der Waals surface area contributed by atoms with Gasteiger partial charge in [0, 0.05) is 0 Å². The Kier molecular flexibility index (Phi) is 3.73. The number of hydrogen-bond acceptors (Lipinski definition) is 7. The molecule has 7 unspecified atom stereocenters. The molecule has 0 bridgehead atoms. The fraction of sp³-hybridized carbons (Fsp3) is 0.889. The number of hydrogen-bond donors (Lipinski definition) is 0. The third-order valence-electron chi connectivity index (χ3n) is 5.68. The SMILES string of the molecule is CC(C)CC1(C(=O)OC2C(=O)OC3C4OC(C)(C)OC4OC23)CC1C. The van der Waals surface area contributed by atoms with Crippen molar-refractivity contribution in [2.45, 2.75) is 84.0 Å². The lowest BCUT2D eigenvalue weighted by Gasteiger charge is -2.23. The van der Waals surface area contributed by atoms with E-state index in [-0.39, 0.29) is 11.9 Å². The fourth-order valence-electron chi connectivity index (χ4n) is 4.43. The molecule has 25 heavy (non-hydrogen) atoms. The van der Waals surface area contributed by atoms with Crippen LogP contribution in [0.3, 0.4) is 0 Å². The van der Waals surface area contributed by atoms with E-state index in [4.69, 9.17) is 23.7 Å². The van der Waals surface area contributed by atoms with E-state index >= 15 is 0 Å². The Morgan fingerprint density at radius 3 is 2.52 bits per heavy atom. The molecule has 0 aromatic carbocycles. The van der Waals surface area contributed by atoms with Gasteiger partial charge in [0.25, 0.3) is 0 Å². The molecule has 1 saturated carbocycles. The van der Waals surface area contributed by atoms with Gasteiger partial charge in [-0.2, -0.15) is 0 Å². The lowest BCUT2D eigenvalue weighted by molar-refractivity contribution is -0.217. The van der Waals surface area contributed by atoms with E-state index in [9.17, 15) is 9.59 Å². The van der Waals surface area contributed by atoms with Gasteiger partial charge < -0.3 is 23.7 Å². The number of carbonyl (C=O) groups excluding carboxylic acids is 2. The van der Waals surface area contributed by atoms with Crippen LogP contribution < -0.4 is 0 Å². The molecule has 0 radical (unpaired) electrons. The Balaban J connectivity index is 1.46. The third-order valence-corrected chi connectivity index (χ3v) is 5.68. The number of esters is 2. The van der Waals surface area contributed by atoms with Gasteiger partial charge in [-0.3, -0.25) is 4.79 Å². The molecular formula is C18H26O7. The first-order valence-corrected chi connectivity index (χ1v) is 9.06. The predicted molar refractivity (Wildman–Crippen MR) is 84.1 cm³/mol. The predicted octanol–water partition coefficient (Wildman–Crippen LogP) is 1.77. The van der Waals surface area contributed by atoms with Crippen LogP contribution >= 0.6 is 0 Å². The van der Waals surface area contributed by atoms with Crippen molar-refractivity contribution in [3.8, 4) is 0 Å². The van der Waals surface area contributed by atoms with Crippen LogP contribution in [0.15, 0.2) is 0 Å². The molecule has 0 N–H and O–H groups in total. The van der Waals surface area contributed by atoms with Crippen molar-refractivity contribution in [2.75, 3.05) is 0 Å². The van der Waals surface area contributed by atoms with Crippen LogP contribution in [0, 0.1) is 17.3 Å². The lowest BCUT2D eigenvalue weighted by Crippen LogP contribution is -2.39. The maximum atomic E-state index is 12.8. The summed E-state index contributed by atoms with van der Waals surface area (Å²) < 4.78 is 28.2. The van der Waals surface area contributed by atoms with Gasteiger partial charge in [-0.1, -0.05) is 20.8 Å².